The lowest BCUT2D eigenvalue weighted by atomic mass is 9.93. The summed E-state index contributed by atoms with van der Waals surface area (Å²) in [5.74, 6) is -0.680. The number of hydrogen-bond donors (Lipinski definition) is 3. The van der Waals surface area contributed by atoms with Crippen molar-refractivity contribution in [3.63, 3.8) is 0 Å². The van der Waals surface area contributed by atoms with Crippen LogP contribution in [0.25, 0.3) is 10.2 Å². The van der Waals surface area contributed by atoms with E-state index >= 15 is 0 Å². The van der Waals surface area contributed by atoms with E-state index in [2.05, 4.69) is 32.7 Å². The number of nitrogens with zero attached hydrogens (tertiary/aromatic N) is 3. The number of fused-ring (bicyclic) bond motifs is 1. The highest BCUT2D eigenvalue weighted by atomic mass is 32.1. The number of pyridine rings is 1. The molecular formula is C24H30N6O4S. The number of aromatic nitrogens is 3. The van der Waals surface area contributed by atoms with E-state index in [1.54, 1.807) is 56.2 Å². The number of aromatic amines is 1. The average molecular weight is 499 g/mol. The first-order chi connectivity index (χ1) is 16.5. The van der Waals surface area contributed by atoms with Crippen LogP contribution in [0, 0.1) is 12.8 Å². The van der Waals surface area contributed by atoms with Crippen LogP contribution in [0.1, 0.15) is 57.0 Å². The Kier molecular flexibility index (Phi) is 6.79. The van der Waals surface area contributed by atoms with Crippen LogP contribution in [0.15, 0.2) is 24.5 Å². The molecule has 0 spiro atoms. The zero-order valence-corrected chi connectivity index (χ0v) is 21.3. The van der Waals surface area contributed by atoms with Gasteiger partial charge in [0.15, 0.2) is 0 Å². The molecule has 3 aromatic heterocycles. The van der Waals surface area contributed by atoms with Crippen molar-refractivity contribution in [2.24, 2.45) is 5.92 Å². The molecule has 4 rings (SSSR count). The van der Waals surface area contributed by atoms with E-state index in [-0.39, 0.29) is 6.04 Å². The van der Waals surface area contributed by atoms with Crippen molar-refractivity contribution in [3.05, 3.63) is 35.0 Å². The van der Waals surface area contributed by atoms with Crippen molar-refractivity contribution in [3.8, 4) is 0 Å². The summed E-state index contributed by atoms with van der Waals surface area (Å²) >= 11 is 1.59. The van der Waals surface area contributed by atoms with E-state index in [1.165, 1.54) is 6.20 Å². The minimum absolute atomic E-state index is 0.157. The first kappa shape index (κ1) is 24.6. The average Bonchev–Trinajstić information content (AvgIpc) is 3.36. The summed E-state index contributed by atoms with van der Waals surface area (Å²) in [7, 11) is 0. The number of H-pyrrole nitrogens is 1. The zero-order chi connectivity index (χ0) is 25.3. The fraction of sp³-hybridized carbons (Fsp3) is 0.458. The summed E-state index contributed by atoms with van der Waals surface area (Å²) < 4.78 is 6.27. The highest BCUT2D eigenvalue weighted by molar-refractivity contribution is 7.19. The smallest absolute Gasteiger partial charge is 0.413 e. The first-order valence-electron chi connectivity index (χ1n) is 11.5. The highest BCUT2D eigenvalue weighted by Crippen LogP contribution is 2.38. The van der Waals surface area contributed by atoms with Crippen LogP contribution in [0.2, 0.25) is 0 Å². The van der Waals surface area contributed by atoms with Crippen molar-refractivity contribution in [1.82, 2.24) is 20.1 Å². The molecule has 0 aliphatic carbocycles. The molecule has 3 amide bonds. The van der Waals surface area contributed by atoms with Gasteiger partial charge in [0.2, 0.25) is 0 Å². The van der Waals surface area contributed by atoms with Crippen molar-refractivity contribution < 1.29 is 19.1 Å². The number of hydrogen-bond acceptors (Lipinski definition) is 7. The SMILES string of the molecule is Cc1cc(NC(=O)C(=O)N2CC(C)CCC2c2cc3[nH]ncc3s2)cnc1NC(=O)OC(C)(C)C. The summed E-state index contributed by atoms with van der Waals surface area (Å²) in [6.45, 7) is 9.65. The number of rotatable bonds is 3. The van der Waals surface area contributed by atoms with Crippen LogP contribution >= 0.6 is 11.3 Å². The Balaban J connectivity index is 1.45. The number of thiophene rings is 1. The van der Waals surface area contributed by atoms with Crippen molar-refractivity contribution in [2.45, 2.75) is 59.1 Å². The molecule has 4 heterocycles. The summed E-state index contributed by atoms with van der Waals surface area (Å²) in [6, 6.07) is 3.50. The topological polar surface area (TPSA) is 129 Å². The van der Waals surface area contributed by atoms with Gasteiger partial charge < -0.3 is 15.0 Å². The van der Waals surface area contributed by atoms with E-state index < -0.39 is 23.5 Å². The monoisotopic (exact) mass is 498 g/mol. The molecule has 35 heavy (non-hydrogen) atoms. The molecule has 11 heteroatoms. The van der Waals surface area contributed by atoms with Gasteiger partial charge in [0.1, 0.15) is 11.4 Å². The van der Waals surface area contributed by atoms with Gasteiger partial charge in [-0.3, -0.25) is 20.0 Å². The molecular weight excluding hydrogens is 468 g/mol. The summed E-state index contributed by atoms with van der Waals surface area (Å²) in [5.41, 5.74) is 1.28. The largest absolute Gasteiger partial charge is 0.444 e. The lowest BCUT2D eigenvalue weighted by molar-refractivity contribution is -0.146. The molecule has 2 atom stereocenters. The predicted octanol–water partition coefficient (Wildman–Crippen LogP) is 4.61. The number of nitrogens with one attached hydrogen (secondary N) is 3. The van der Waals surface area contributed by atoms with Crippen LogP contribution in [-0.4, -0.2) is 50.1 Å². The molecule has 3 N–H and O–H groups in total. The molecule has 186 valence electrons. The third-order valence-electron chi connectivity index (χ3n) is 5.70. The van der Waals surface area contributed by atoms with Crippen molar-refractivity contribution in [1.29, 1.82) is 0 Å². The minimum atomic E-state index is -0.720. The number of likely N-dealkylation sites (tertiary alicyclic amines) is 1. The fourth-order valence-electron chi connectivity index (χ4n) is 4.09. The van der Waals surface area contributed by atoms with Gasteiger partial charge in [-0.1, -0.05) is 6.92 Å². The van der Waals surface area contributed by atoms with Crippen LogP contribution in [-0.2, 0) is 14.3 Å². The van der Waals surface area contributed by atoms with E-state index in [0.29, 0.717) is 29.5 Å². The van der Waals surface area contributed by atoms with Gasteiger partial charge in [-0.05, 0) is 64.2 Å². The summed E-state index contributed by atoms with van der Waals surface area (Å²) in [5, 5.41) is 12.2. The van der Waals surface area contributed by atoms with E-state index in [1.807, 2.05) is 6.07 Å². The predicted molar refractivity (Wildman–Crippen MR) is 134 cm³/mol. The number of carbonyl (C=O) groups is 3. The third kappa shape index (κ3) is 5.79. The van der Waals surface area contributed by atoms with Crippen LogP contribution < -0.4 is 10.6 Å². The van der Waals surface area contributed by atoms with Gasteiger partial charge in [0.25, 0.3) is 0 Å². The number of carbonyl (C=O) groups excluding carboxylic acids is 3. The van der Waals surface area contributed by atoms with Crippen molar-refractivity contribution in [2.75, 3.05) is 17.2 Å². The van der Waals surface area contributed by atoms with Crippen LogP contribution in [0.5, 0.6) is 0 Å². The Hall–Kier alpha value is -3.47. The molecule has 0 radical (unpaired) electrons. The molecule has 0 bridgehead atoms. The Labute approximate surface area is 207 Å². The van der Waals surface area contributed by atoms with Gasteiger partial charge in [-0.2, -0.15) is 5.10 Å². The molecule has 1 fully saturated rings. The first-order valence-corrected chi connectivity index (χ1v) is 12.3. The maximum absolute atomic E-state index is 13.2. The number of aryl methyl sites for hydroxylation is 1. The number of ether oxygens (including phenoxy) is 1. The van der Waals surface area contributed by atoms with E-state index in [9.17, 15) is 14.4 Å². The molecule has 1 aliphatic heterocycles. The summed E-state index contributed by atoms with van der Waals surface area (Å²) in [4.78, 5) is 45.1. The number of piperidine rings is 1. The van der Waals surface area contributed by atoms with Gasteiger partial charge >= 0.3 is 17.9 Å². The fourth-order valence-corrected chi connectivity index (χ4v) is 5.23. The standard InChI is InChI=1S/C24H30N6O4S/c1-13-6-7-17(18-9-16-19(35-18)11-26-29-16)30(12-13)22(32)21(31)27-15-8-14(2)20(25-10-15)28-23(33)34-24(3,4)5/h8-11,13,17H,6-7,12H2,1-5H3,(H,26,29)(H,27,31)(H,25,28,33). The lowest BCUT2D eigenvalue weighted by Gasteiger charge is -2.37. The Morgan fingerprint density at radius 2 is 1.94 bits per heavy atom. The molecule has 0 aromatic carbocycles. The number of amides is 3. The maximum atomic E-state index is 13.2. The van der Waals surface area contributed by atoms with Crippen molar-refractivity contribution >= 4 is 51.0 Å². The van der Waals surface area contributed by atoms with Gasteiger partial charge in [0, 0.05) is 11.4 Å². The summed E-state index contributed by atoms with van der Waals surface area (Å²) in [6.07, 6.45) is 4.32. The Morgan fingerprint density at radius 1 is 1.17 bits per heavy atom. The Bertz CT molecular complexity index is 1230. The maximum Gasteiger partial charge on any atom is 0.413 e. The second kappa shape index (κ2) is 9.65. The number of anilines is 2. The Morgan fingerprint density at radius 3 is 2.63 bits per heavy atom. The van der Waals surface area contributed by atoms with Gasteiger partial charge in [-0.25, -0.2) is 9.78 Å². The second-order valence-electron chi connectivity index (χ2n) is 9.92. The molecule has 2 unspecified atom stereocenters. The lowest BCUT2D eigenvalue weighted by Crippen LogP contribution is -2.46. The molecule has 1 aliphatic rings. The van der Waals surface area contributed by atoms with Gasteiger partial charge in [-0.15, -0.1) is 11.3 Å². The normalized spacial score (nSPS) is 18.4. The van der Waals surface area contributed by atoms with Crippen LogP contribution in [0.3, 0.4) is 0 Å². The second-order valence-corrected chi connectivity index (χ2v) is 11.0. The molecule has 0 saturated carbocycles. The third-order valence-corrected chi connectivity index (χ3v) is 6.87. The van der Waals surface area contributed by atoms with Gasteiger partial charge in [0.05, 0.1) is 34.3 Å². The molecule has 1 saturated heterocycles. The van der Waals surface area contributed by atoms with E-state index in [4.69, 9.17) is 4.74 Å². The molecule has 3 aromatic rings. The quantitative estimate of drug-likeness (QED) is 0.452. The minimum Gasteiger partial charge on any atom is -0.444 e. The van der Waals surface area contributed by atoms with E-state index in [0.717, 1.165) is 27.9 Å². The van der Waals surface area contributed by atoms with Crippen LogP contribution in [0.4, 0.5) is 16.3 Å². The molecule has 10 nitrogen and oxygen atoms in total. The zero-order valence-electron chi connectivity index (χ0n) is 20.5. The highest BCUT2D eigenvalue weighted by Gasteiger charge is 2.35.